The summed E-state index contributed by atoms with van der Waals surface area (Å²) in [4.78, 5) is 4.61. The van der Waals surface area contributed by atoms with Gasteiger partial charge in [0, 0.05) is 16.3 Å². The molecule has 0 aliphatic rings. The number of aryl methyl sites for hydroxylation is 1. The van der Waals surface area contributed by atoms with Gasteiger partial charge in [-0.1, -0.05) is 47.6 Å². The molecule has 0 unspecified atom stereocenters. The van der Waals surface area contributed by atoms with Gasteiger partial charge in [-0.25, -0.2) is 4.98 Å². The predicted octanol–water partition coefficient (Wildman–Crippen LogP) is 4.57. The fourth-order valence-electron chi connectivity index (χ4n) is 2.44. The maximum absolute atomic E-state index is 6.06. The number of oxazole rings is 1. The Morgan fingerprint density at radius 1 is 1.12 bits per heavy atom. The van der Waals surface area contributed by atoms with E-state index in [-0.39, 0.29) is 0 Å². The molecular weight excluding hydrogens is 370 g/mol. The van der Waals surface area contributed by atoms with E-state index in [0.29, 0.717) is 21.8 Å². The van der Waals surface area contributed by atoms with Gasteiger partial charge in [-0.2, -0.15) is 4.68 Å². The van der Waals surface area contributed by atoms with Crippen LogP contribution in [0.4, 0.5) is 0 Å². The van der Waals surface area contributed by atoms with Crippen LogP contribution in [0.1, 0.15) is 11.5 Å². The Labute approximate surface area is 159 Å². The van der Waals surface area contributed by atoms with Crippen LogP contribution in [0, 0.1) is 6.92 Å². The lowest BCUT2D eigenvalue weighted by Crippen LogP contribution is -1.99. The van der Waals surface area contributed by atoms with Crippen molar-refractivity contribution in [3.63, 3.8) is 0 Å². The first kappa shape index (κ1) is 16.8. The molecule has 0 bridgehead atoms. The zero-order valence-electron chi connectivity index (χ0n) is 13.8. The van der Waals surface area contributed by atoms with Crippen molar-refractivity contribution in [2.24, 2.45) is 0 Å². The molecule has 0 saturated carbocycles. The van der Waals surface area contributed by atoms with Gasteiger partial charge in [0.25, 0.3) is 0 Å². The minimum atomic E-state index is 0.600. The molecule has 0 atom stereocenters. The van der Waals surface area contributed by atoms with E-state index >= 15 is 0 Å². The van der Waals surface area contributed by atoms with Crippen molar-refractivity contribution in [2.75, 3.05) is 0 Å². The first-order valence-electron chi connectivity index (χ1n) is 7.89. The Morgan fingerprint density at radius 3 is 2.77 bits per heavy atom. The summed E-state index contributed by atoms with van der Waals surface area (Å²) in [5.41, 5.74) is 2.64. The summed E-state index contributed by atoms with van der Waals surface area (Å²) in [6, 6.07) is 17.2. The van der Waals surface area contributed by atoms with Gasteiger partial charge in [-0.15, -0.1) is 5.10 Å². The van der Waals surface area contributed by atoms with Crippen LogP contribution < -0.4 is 0 Å². The molecule has 0 amide bonds. The van der Waals surface area contributed by atoms with Crippen LogP contribution in [0.3, 0.4) is 0 Å². The Hall–Kier alpha value is -2.64. The molecule has 2 aromatic carbocycles. The highest BCUT2D eigenvalue weighted by atomic mass is 35.5. The van der Waals surface area contributed by atoms with Gasteiger partial charge < -0.3 is 4.42 Å². The summed E-state index contributed by atoms with van der Waals surface area (Å²) in [7, 11) is 0. The zero-order valence-corrected chi connectivity index (χ0v) is 15.4. The predicted molar refractivity (Wildman–Crippen MR) is 100 cm³/mol. The molecule has 26 heavy (non-hydrogen) atoms. The average Bonchev–Trinajstić information content (AvgIpc) is 3.27. The molecule has 8 heteroatoms. The number of halogens is 1. The Morgan fingerprint density at radius 2 is 1.96 bits per heavy atom. The highest BCUT2D eigenvalue weighted by Crippen LogP contribution is 2.27. The topological polar surface area (TPSA) is 69.6 Å². The number of benzene rings is 2. The summed E-state index contributed by atoms with van der Waals surface area (Å²) in [5.74, 6) is 2.01. The SMILES string of the molecule is Cc1oc(-c2ccccc2)nc1CSc1nnnn1-c1cccc(Cl)c1. The number of hydrogen-bond donors (Lipinski definition) is 0. The molecule has 4 aromatic rings. The smallest absolute Gasteiger partial charge is 0.226 e. The van der Waals surface area contributed by atoms with Crippen LogP contribution in [0.5, 0.6) is 0 Å². The summed E-state index contributed by atoms with van der Waals surface area (Å²) < 4.78 is 7.46. The molecule has 4 rings (SSSR count). The first-order valence-corrected chi connectivity index (χ1v) is 9.26. The fraction of sp³-hybridized carbons (Fsp3) is 0.111. The molecule has 0 aliphatic heterocycles. The van der Waals surface area contributed by atoms with Gasteiger partial charge >= 0.3 is 0 Å². The average molecular weight is 384 g/mol. The van der Waals surface area contributed by atoms with E-state index in [1.54, 1.807) is 4.68 Å². The minimum Gasteiger partial charge on any atom is -0.441 e. The number of tetrazole rings is 1. The molecule has 0 aliphatic carbocycles. The van der Waals surface area contributed by atoms with Crippen LogP contribution in [0.25, 0.3) is 17.1 Å². The van der Waals surface area contributed by atoms with Crippen LogP contribution >= 0.6 is 23.4 Å². The van der Waals surface area contributed by atoms with Crippen LogP contribution in [-0.2, 0) is 5.75 Å². The number of rotatable bonds is 5. The van der Waals surface area contributed by atoms with Crippen molar-refractivity contribution >= 4 is 23.4 Å². The van der Waals surface area contributed by atoms with Crippen LogP contribution in [0.15, 0.2) is 64.2 Å². The van der Waals surface area contributed by atoms with Crippen molar-refractivity contribution < 1.29 is 4.42 Å². The van der Waals surface area contributed by atoms with E-state index in [1.807, 2.05) is 61.5 Å². The standard InChI is InChI=1S/C18H14ClN5OS/c1-12-16(20-17(25-12)13-6-3-2-4-7-13)11-26-18-21-22-23-24(18)15-9-5-8-14(19)10-15/h2-10H,11H2,1H3. The Bertz CT molecular complexity index is 1030. The van der Waals surface area contributed by atoms with Gasteiger partial charge in [-0.05, 0) is 47.7 Å². The number of aromatic nitrogens is 5. The van der Waals surface area contributed by atoms with Crippen molar-refractivity contribution in [1.82, 2.24) is 25.2 Å². The minimum absolute atomic E-state index is 0.600. The summed E-state index contributed by atoms with van der Waals surface area (Å²) >= 11 is 7.55. The number of hydrogen-bond acceptors (Lipinski definition) is 6. The van der Waals surface area contributed by atoms with Crippen molar-refractivity contribution in [2.45, 2.75) is 17.8 Å². The molecule has 130 valence electrons. The van der Waals surface area contributed by atoms with E-state index in [4.69, 9.17) is 16.0 Å². The second-order valence-electron chi connectivity index (χ2n) is 5.53. The van der Waals surface area contributed by atoms with Crippen molar-refractivity contribution in [1.29, 1.82) is 0 Å². The number of nitrogens with zero attached hydrogens (tertiary/aromatic N) is 5. The molecule has 0 saturated heterocycles. The van der Waals surface area contributed by atoms with E-state index < -0.39 is 0 Å². The van der Waals surface area contributed by atoms with E-state index in [2.05, 4.69) is 20.5 Å². The largest absolute Gasteiger partial charge is 0.441 e. The van der Waals surface area contributed by atoms with Gasteiger partial charge in [0.2, 0.25) is 11.0 Å². The van der Waals surface area contributed by atoms with Crippen molar-refractivity contribution in [3.8, 4) is 17.1 Å². The maximum Gasteiger partial charge on any atom is 0.226 e. The summed E-state index contributed by atoms with van der Waals surface area (Å²) in [6.45, 7) is 1.91. The van der Waals surface area contributed by atoms with E-state index in [9.17, 15) is 0 Å². The van der Waals surface area contributed by atoms with Crippen LogP contribution in [-0.4, -0.2) is 25.2 Å². The quantitative estimate of drug-likeness (QED) is 0.470. The molecular formula is C18H14ClN5OS. The van der Waals surface area contributed by atoms with Crippen molar-refractivity contribution in [3.05, 3.63) is 71.1 Å². The number of thioether (sulfide) groups is 1. The highest BCUT2D eigenvalue weighted by Gasteiger charge is 2.15. The maximum atomic E-state index is 6.06. The molecule has 2 aromatic heterocycles. The summed E-state index contributed by atoms with van der Waals surface area (Å²) in [6.07, 6.45) is 0. The lowest BCUT2D eigenvalue weighted by Gasteiger charge is -2.03. The zero-order chi connectivity index (χ0) is 17.9. The Kier molecular flexibility index (Phi) is 4.73. The lowest BCUT2D eigenvalue weighted by molar-refractivity contribution is 0.540. The molecule has 6 nitrogen and oxygen atoms in total. The second kappa shape index (κ2) is 7.31. The molecule has 0 radical (unpaired) electrons. The van der Waals surface area contributed by atoms with E-state index in [1.165, 1.54) is 11.8 Å². The molecule has 0 spiro atoms. The molecule has 0 fully saturated rings. The van der Waals surface area contributed by atoms with Crippen LogP contribution in [0.2, 0.25) is 5.02 Å². The Balaban J connectivity index is 1.54. The van der Waals surface area contributed by atoms with Gasteiger partial charge in [0.05, 0.1) is 11.4 Å². The fourth-order valence-corrected chi connectivity index (χ4v) is 3.51. The highest BCUT2D eigenvalue weighted by molar-refractivity contribution is 7.98. The third-order valence-corrected chi connectivity index (χ3v) is 4.91. The normalized spacial score (nSPS) is 11.0. The molecule has 2 heterocycles. The lowest BCUT2D eigenvalue weighted by atomic mass is 10.2. The molecule has 0 N–H and O–H groups in total. The van der Waals surface area contributed by atoms with E-state index in [0.717, 1.165) is 22.7 Å². The monoisotopic (exact) mass is 383 g/mol. The summed E-state index contributed by atoms with van der Waals surface area (Å²) in [5, 5.41) is 13.2. The van der Waals surface area contributed by atoms with Gasteiger partial charge in [-0.3, -0.25) is 0 Å². The first-order chi connectivity index (χ1) is 12.7. The van der Waals surface area contributed by atoms with Gasteiger partial charge in [0.1, 0.15) is 5.76 Å². The second-order valence-corrected chi connectivity index (χ2v) is 6.91. The van der Waals surface area contributed by atoms with Gasteiger partial charge in [0.15, 0.2) is 0 Å². The third kappa shape index (κ3) is 3.49. The third-order valence-electron chi connectivity index (χ3n) is 3.75.